The first-order chi connectivity index (χ1) is 10.4. The Balaban J connectivity index is 1.80. The lowest BCUT2D eigenvalue weighted by Crippen LogP contribution is -2.56. The number of carboxylic acids is 1. The van der Waals surface area contributed by atoms with Crippen molar-refractivity contribution in [3.63, 3.8) is 0 Å². The molecule has 7 nitrogen and oxygen atoms in total. The molecule has 1 unspecified atom stereocenters. The van der Waals surface area contributed by atoms with Crippen LogP contribution in [0.15, 0.2) is 12.3 Å². The smallest absolute Gasteiger partial charge is 0.309 e. The van der Waals surface area contributed by atoms with Gasteiger partial charge in [-0.25, -0.2) is 9.97 Å². The van der Waals surface area contributed by atoms with Gasteiger partial charge in [0, 0.05) is 32.8 Å². The lowest BCUT2D eigenvalue weighted by molar-refractivity contribution is -0.145. The quantitative estimate of drug-likeness (QED) is 0.865. The number of carboxylic acid groups (broad SMARTS) is 1. The minimum Gasteiger partial charge on any atom is -0.481 e. The van der Waals surface area contributed by atoms with Gasteiger partial charge in [-0.2, -0.15) is 0 Å². The third-order valence-corrected chi connectivity index (χ3v) is 5.08. The maximum atomic E-state index is 12.0. The Labute approximate surface area is 129 Å². The van der Waals surface area contributed by atoms with E-state index in [0.29, 0.717) is 25.9 Å². The molecule has 2 aliphatic rings. The summed E-state index contributed by atoms with van der Waals surface area (Å²) in [5.41, 5.74) is -0.554. The molecule has 0 aliphatic carbocycles. The van der Waals surface area contributed by atoms with Crippen molar-refractivity contribution in [2.45, 2.75) is 31.7 Å². The Kier molecular flexibility index (Phi) is 3.50. The van der Waals surface area contributed by atoms with Gasteiger partial charge in [-0.15, -0.1) is 0 Å². The fourth-order valence-corrected chi connectivity index (χ4v) is 3.73. The van der Waals surface area contributed by atoms with Crippen LogP contribution in [0.5, 0.6) is 0 Å². The van der Waals surface area contributed by atoms with E-state index in [1.165, 1.54) is 0 Å². The summed E-state index contributed by atoms with van der Waals surface area (Å²) in [7, 11) is 1.73. The zero-order valence-electron chi connectivity index (χ0n) is 12.8. The molecule has 0 radical (unpaired) electrons. The number of likely N-dealkylation sites (tertiary alicyclic amines) is 1. The molecule has 0 saturated carbocycles. The molecule has 1 atom stereocenters. The number of aliphatic carboxylic acids is 1. The molecule has 2 fully saturated rings. The largest absolute Gasteiger partial charge is 0.481 e. The second-order valence-corrected chi connectivity index (χ2v) is 6.10. The summed E-state index contributed by atoms with van der Waals surface area (Å²) in [6.07, 6.45) is 3.14. The number of amides is 1. The molecule has 3 heterocycles. The Bertz CT molecular complexity index is 611. The minimum absolute atomic E-state index is 0.0706. The molecule has 1 aromatic heterocycles. The number of piperidine rings is 1. The molecule has 1 amide bonds. The topological polar surface area (TPSA) is 86.6 Å². The Morgan fingerprint density at radius 3 is 2.68 bits per heavy atom. The number of rotatable bonds is 2. The van der Waals surface area contributed by atoms with Gasteiger partial charge in [0.2, 0.25) is 5.91 Å². The average molecular weight is 304 g/mol. The van der Waals surface area contributed by atoms with E-state index >= 15 is 0 Å². The van der Waals surface area contributed by atoms with Crippen LogP contribution in [0, 0.1) is 12.8 Å². The highest BCUT2D eigenvalue weighted by Gasteiger charge is 2.55. The summed E-state index contributed by atoms with van der Waals surface area (Å²) in [4.78, 5) is 35.8. The first kappa shape index (κ1) is 14.7. The number of aryl methyl sites for hydroxylation is 1. The van der Waals surface area contributed by atoms with Gasteiger partial charge in [0.05, 0.1) is 11.5 Å². The summed E-state index contributed by atoms with van der Waals surface area (Å²) in [5, 5.41) is 9.47. The highest BCUT2D eigenvalue weighted by molar-refractivity contribution is 5.88. The van der Waals surface area contributed by atoms with Gasteiger partial charge >= 0.3 is 5.97 Å². The van der Waals surface area contributed by atoms with Gasteiger partial charge in [0.1, 0.15) is 11.6 Å². The van der Waals surface area contributed by atoms with Gasteiger partial charge < -0.3 is 14.9 Å². The van der Waals surface area contributed by atoms with Crippen LogP contribution in [-0.4, -0.2) is 57.5 Å². The Morgan fingerprint density at radius 2 is 2.09 bits per heavy atom. The van der Waals surface area contributed by atoms with Crippen LogP contribution >= 0.6 is 0 Å². The summed E-state index contributed by atoms with van der Waals surface area (Å²) in [5.74, 6) is 0.0256. The van der Waals surface area contributed by atoms with Crippen LogP contribution in [0.1, 0.15) is 25.1 Å². The molecule has 118 valence electrons. The molecular weight excluding hydrogens is 284 g/mol. The number of nitrogens with zero attached hydrogens (tertiary/aromatic N) is 4. The van der Waals surface area contributed by atoms with E-state index < -0.39 is 17.4 Å². The first-order valence-electron chi connectivity index (χ1n) is 7.48. The molecule has 0 aromatic carbocycles. The van der Waals surface area contributed by atoms with Crippen LogP contribution in [0.4, 0.5) is 5.82 Å². The molecular formula is C15H20N4O3. The van der Waals surface area contributed by atoms with Gasteiger partial charge in [-0.05, 0) is 25.8 Å². The standard InChI is InChI=1S/C15H20N4O3/c1-10-16-6-3-12(17-10)19-7-4-15(5-8-19)11(14(21)22)9-13(20)18(15)2/h3,6,11H,4-5,7-9H2,1-2H3,(H,21,22). The summed E-state index contributed by atoms with van der Waals surface area (Å²) >= 11 is 0. The Morgan fingerprint density at radius 1 is 1.41 bits per heavy atom. The zero-order valence-corrected chi connectivity index (χ0v) is 12.8. The maximum absolute atomic E-state index is 12.0. The monoisotopic (exact) mass is 304 g/mol. The third-order valence-electron chi connectivity index (χ3n) is 5.08. The fraction of sp³-hybridized carbons (Fsp3) is 0.600. The van der Waals surface area contributed by atoms with Crippen molar-refractivity contribution >= 4 is 17.7 Å². The number of carbonyl (C=O) groups excluding carboxylic acids is 1. The summed E-state index contributed by atoms with van der Waals surface area (Å²) < 4.78 is 0. The van der Waals surface area contributed by atoms with Crippen molar-refractivity contribution in [1.82, 2.24) is 14.9 Å². The summed E-state index contributed by atoms with van der Waals surface area (Å²) in [6.45, 7) is 3.23. The fourth-order valence-electron chi connectivity index (χ4n) is 3.73. The molecule has 22 heavy (non-hydrogen) atoms. The first-order valence-corrected chi connectivity index (χ1v) is 7.48. The summed E-state index contributed by atoms with van der Waals surface area (Å²) in [6, 6.07) is 1.86. The zero-order chi connectivity index (χ0) is 15.9. The molecule has 2 aliphatic heterocycles. The van der Waals surface area contributed by atoms with Gasteiger partial charge in [0.25, 0.3) is 0 Å². The van der Waals surface area contributed by atoms with Gasteiger partial charge in [-0.1, -0.05) is 0 Å². The number of hydrogen-bond donors (Lipinski definition) is 1. The molecule has 1 spiro atoms. The Hall–Kier alpha value is -2.18. The molecule has 0 bridgehead atoms. The lowest BCUT2D eigenvalue weighted by atomic mass is 9.77. The lowest BCUT2D eigenvalue weighted by Gasteiger charge is -2.45. The molecule has 3 rings (SSSR count). The second kappa shape index (κ2) is 5.23. The van der Waals surface area contributed by atoms with E-state index in [-0.39, 0.29) is 12.3 Å². The maximum Gasteiger partial charge on any atom is 0.309 e. The SMILES string of the molecule is Cc1nccc(N2CCC3(CC2)C(C(=O)O)CC(=O)N3C)n1. The van der Waals surface area contributed by atoms with E-state index in [2.05, 4.69) is 14.9 Å². The van der Waals surface area contributed by atoms with Crippen LogP contribution in [0.25, 0.3) is 0 Å². The van der Waals surface area contributed by atoms with Crippen LogP contribution < -0.4 is 4.90 Å². The minimum atomic E-state index is -0.871. The highest BCUT2D eigenvalue weighted by Crippen LogP contribution is 2.43. The van der Waals surface area contributed by atoms with Crippen LogP contribution in [-0.2, 0) is 9.59 Å². The normalized spacial score (nSPS) is 24.1. The van der Waals surface area contributed by atoms with E-state index in [0.717, 1.165) is 11.6 Å². The van der Waals surface area contributed by atoms with Crippen molar-refractivity contribution in [2.24, 2.45) is 5.92 Å². The van der Waals surface area contributed by atoms with Crippen molar-refractivity contribution in [3.05, 3.63) is 18.1 Å². The molecule has 1 aromatic rings. The average Bonchev–Trinajstić information content (AvgIpc) is 2.74. The van der Waals surface area contributed by atoms with Crippen molar-refractivity contribution in [3.8, 4) is 0 Å². The van der Waals surface area contributed by atoms with Crippen molar-refractivity contribution in [2.75, 3.05) is 25.0 Å². The van der Waals surface area contributed by atoms with Crippen molar-refractivity contribution in [1.29, 1.82) is 0 Å². The molecule has 1 N–H and O–H groups in total. The predicted molar refractivity (Wildman–Crippen MR) is 79.5 cm³/mol. The van der Waals surface area contributed by atoms with Crippen LogP contribution in [0.3, 0.4) is 0 Å². The van der Waals surface area contributed by atoms with E-state index in [1.807, 2.05) is 13.0 Å². The number of carbonyl (C=O) groups is 2. The number of hydrogen-bond acceptors (Lipinski definition) is 5. The molecule has 7 heteroatoms. The third kappa shape index (κ3) is 2.20. The molecule has 2 saturated heterocycles. The predicted octanol–water partition coefficient (Wildman–Crippen LogP) is 0.687. The highest BCUT2D eigenvalue weighted by atomic mass is 16.4. The van der Waals surface area contributed by atoms with Gasteiger partial charge in [-0.3, -0.25) is 9.59 Å². The van der Waals surface area contributed by atoms with Crippen molar-refractivity contribution < 1.29 is 14.7 Å². The van der Waals surface area contributed by atoms with E-state index in [1.54, 1.807) is 18.1 Å². The van der Waals surface area contributed by atoms with E-state index in [9.17, 15) is 14.7 Å². The number of anilines is 1. The van der Waals surface area contributed by atoms with Gasteiger partial charge in [0.15, 0.2) is 0 Å². The number of aromatic nitrogens is 2. The van der Waals surface area contributed by atoms with Crippen LogP contribution in [0.2, 0.25) is 0 Å². The second-order valence-electron chi connectivity index (χ2n) is 6.10. The van der Waals surface area contributed by atoms with E-state index in [4.69, 9.17) is 0 Å².